The summed E-state index contributed by atoms with van der Waals surface area (Å²) in [7, 11) is 1.78. The van der Waals surface area contributed by atoms with Crippen molar-refractivity contribution in [1.29, 1.82) is 0 Å². The normalized spacial score (nSPS) is 9.92. The van der Waals surface area contributed by atoms with Crippen molar-refractivity contribution in [2.24, 2.45) is 0 Å². The van der Waals surface area contributed by atoms with Crippen LogP contribution in [0, 0.1) is 0 Å². The van der Waals surface area contributed by atoms with Gasteiger partial charge in [-0.25, -0.2) is 0 Å². The topological polar surface area (TPSA) is 66.5 Å². The van der Waals surface area contributed by atoms with Gasteiger partial charge >= 0.3 is 0 Å². The van der Waals surface area contributed by atoms with Crippen molar-refractivity contribution in [2.75, 3.05) is 12.4 Å². The number of hydrogen-bond donors (Lipinski definition) is 2. The fraction of sp³-hybridized carbons (Fsp3) is 0.125. The molecule has 0 atom stereocenters. The fourth-order valence-electron chi connectivity index (χ4n) is 1.01. The Balaban J connectivity index is 2.36. The van der Waals surface area contributed by atoms with Gasteiger partial charge in [-0.15, -0.1) is 5.10 Å². The summed E-state index contributed by atoms with van der Waals surface area (Å²) in [6, 6.07) is 3.75. The number of aromatic nitrogens is 4. The van der Waals surface area contributed by atoms with Gasteiger partial charge in [0.05, 0.1) is 0 Å². The summed E-state index contributed by atoms with van der Waals surface area (Å²) in [6.07, 6.45) is 3.44. The second-order valence-electron chi connectivity index (χ2n) is 2.49. The molecule has 0 fully saturated rings. The van der Waals surface area contributed by atoms with Gasteiger partial charge in [-0.05, 0) is 12.1 Å². The maximum absolute atomic E-state index is 4.19. The first kappa shape index (κ1) is 7.72. The van der Waals surface area contributed by atoms with Crippen LogP contribution in [0.1, 0.15) is 0 Å². The van der Waals surface area contributed by atoms with E-state index in [4.69, 9.17) is 0 Å². The summed E-state index contributed by atoms with van der Waals surface area (Å²) in [5.74, 6) is 1.33. The molecule has 0 radical (unpaired) electrons. The predicted molar refractivity (Wildman–Crippen MR) is 49.2 cm³/mol. The molecule has 2 rings (SSSR count). The average molecular weight is 175 g/mol. The lowest BCUT2D eigenvalue weighted by Crippen LogP contribution is -1.89. The highest BCUT2D eigenvalue weighted by atomic mass is 15.3. The van der Waals surface area contributed by atoms with E-state index in [-0.39, 0.29) is 0 Å². The van der Waals surface area contributed by atoms with Gasteiger partial charge in [-0.2, -0.15) is 4.98 Å². The minimum Gasteiger partial charge on any atom is -0.356 e. The molecule has 0 bridgehead atoms. The SMILES string of the molecule is CNc1n[nH]c(-c2ccncc2)n1. The van der Waals surface area contributed by atoms with E-state index >= 15 is 0 Å². The van der Waals surface area contributed by atoms with Crippen molar-refractivity contribution in [2.45, 2.75) is 0 Å². The molecular weight excluding hydrogens is 166 g/mol. The Bertz CT molecular complexity index is 380. The van der Waals surface area contributed by atoms with Gasteiger partial charge in [0.1, 0.15) is 0 Å². The number of nitrogens with one attached hydrogen (secondary N) is 2. The van der Waals surface area contributed by atoms with Crippen LogP contribution in [0.25, 0.3) is 11.4 Å². The third-order valence-corrected chi connectivity index (χ3v) is 1.66. The van der Waals surface area contributed by atoms with Crippen molar-refractivity contribution in [3.05, 3.63) is 24.5 Å². The fourth-order valence-corrected chi connectivity index (χ4v) is 1.01. The lowest BCUT2D eigenvalue weighted by atomic mass is 10.3. The van der Waals surface area contributed by atoms with E-state index in [2.05, 4.69) is 25.5 Å². The number of anilines is 1. The summed E-state index contributed by atoms with van der Waals surface area (Å²) in [4.78, 5) is 8.11. The Labute approximate surface area is 75.2 Å². The van der Waals surface area contributed by atoms with Crippen LogP contribution >= 0.6 is 0 Å². The zero-order valence-electron chi connectivity index (χ0n) is 7.15. The lowest BCUT2D eigenvalue weighted by Gasteiger charge is -1.91. The number of hydrogen-bond acceptors (Lipinski definition) is 4. The molecule has 2 aromatic rings. The Morgan fingerprint density at radius 2 is 2.08 bits per heavy atom. The summed E-state index contributed by atoms with van der Waals surface area (Å²) < 4.78 is 0. The Kier molecular flexibility index (Phi) is 1.91. The molecule has 0 saturated carbocycles. The van der Waals surface area contributed by atoms with Crippen LogP contribution in [0.15, 0.2) is 24.5 Å². The lowest BCUT2D eigenvalue weighted by molar-refractivity contribution is 1.09. The van der Waals surface area contributed by atoms with E-state index < -0.39 is 0 Å². The van der Waals surface area contributed by atoms with E-state index in [1.54, 1.807) is 19.4 Å². The van der Waals surface area contributed by atoms with Gasteiger partial charge < -0.3 is 5.32 Å². The average Bonchev–Trinajstić information content (AvgIpc) is 2.67. The van der Waals surface area contributed by atoms with Crippen LogP contribution in [0.4, 0.5) is 5.95 Å². The first-order chi connectivity index (χ1) is 6.40. The first-order valence-corrected chi connectivity index (χ1v) is 3.90. The Hall–Kier alpha value is -1.91. The van der Waals surface area contributed by atoms with E-state index in [9.17, 15) is 0 Å². The van der Waals surface area contributed by atoms with E-state index in [0.717, 1.165) is 11.4 Å². The number of H-pyrrole nitrogens is 1. The van der Waals surface area contributed by atoms with Crippen molar-refractivity contribution < 1.29 is 0 Å². The molecule has 0 saturated heterocycles. The van der Waals surface area contributed by atoms with E-state index in [1.165, 1.54) is 0 Å². The molecule has 0 aliphatic rings. The third-order valence-electron chi connectivity index (χ3n) is 1.66. The van der Waals surface area contributed by atoms with Crippen LogP contribution < -0.4 is 5.32 Å². The zero-order valence-corrected chi connectivity index (χ0v) is 7.15. The maximum atomic E-state index is 4.19. The van der Waals surface area contributed by atoms with Crippen LogP contribution in [-0.4, -0.2) is 27.2 Å². The van der Waals surface area contributed by atoms with Gasteiger partial charge in [-0.1, -0.05) is 0 Å². The van der Waals surface area contributed by atoms with Gasteiger partial charge in [0, 0.05) is 25.0 Å². The number of rotatable bonds is 2. The highest BCUT2D eigenvalue weighted by molar-refractivity contribution is 5.54. The molecule has 0 spiro atoms. The predicted octanol–water partition coefficient (Wildman–Crippen LogP) is 0.908. The second kappa shape index (κ2) is 3.22. The molecule has 0 aromatic carbocycles. The molecule has 0 unspecified atom stereocenters. The second-order valence-corrected chi connectivity index (χ2v) is 2.49. The van der Waals surface area contributed by atoms with Crippen molar-refractivity contribution >= 4 is 5.95 Å². The number of aromatic amines is 1. The molecule has 0 amide bonds. The molecule has 66 valence electrons. The molecule has 2 aromatic heterocycles. The Morgan fingerprint density at radius 3 is 2.69 bits per heavy atom. The Morgan fingerprint density at radius 1 is 1.31 bits per heavy atom. The van der Waals surface area contributed by atoms with E-state index in [1.807, 2.05) is 12.1 Å². The summed E-state index contributed by atoms with van der Waals surface area (Å²) in [6.45, 7) is 0. The van der Waals surface area contributed by atoms with Gasteiger partial charge in [0.25, 0.3) is 0 Å². The zero-order chi connectivity index (χ0) is 9.10. The standard InChI is InChI=1S/C8H9N5/c1-9-8-11-7(12-13-8)6-2-4-10-5-3-6/h2-5H,1H3,(H2,9,11,12,13). The molecule has 2 N–H and O–H groups in total. The number of nitrogens with zero attached hydrogens (tertiary/aromatic N) is 3. The van der Waals surface area contributed by atoms with Crippen LogP contribution in [0.2, 0.25) is 0 Å². The van der Waals surface area contributed by atoms with E-state index in [0.29, 0.717) is 5.95 Å². The van der Waals surface area contributed by atoms with Gasteiger partial charge in [0.15, 0.2) is 5.82 Å². The number of pyridine rings is 1. The largest absolute Gasteiger partial charge is 0.356 e. The summed E-state index contributed by atoms with van der Waals surface area (Å²) >= 11 is 0. The molecule has 2 heterocycles. The van der Waals surface area contributed by atoms with Crippen LogP contribution in [0.5, 0.6) is 0 Å². The molecule has 0 aliphatic carbocycles. The summed E-state index contributed by atoms with van der Waals surface area (Å²) in [5.41, 5.74) is 0.976. The monoisotopic (exact) mass is 175 g/mol. The molecule has 5 nitrogen and oxygen atoms in total. The minimum absolute atomic E-state index is 0.590. The molecule has 5 heteroatoms. The van der Waals surface area contributed by atoms with Crippen molar-refractivity contribution in [1.82, 2.24) is 20.2 Å². The van der Waals surface area contributed by atoms with Crippen LogP contribution in [0.3, 0.4) is 0 Å². The smallest absolute Gasteiger partial charge is 0.242 e. The van der Waals surface area contributed by atoms with Crippen LogP contribution in [-0.2, 0) is 0 Å². The first-order valence-electron chi connectivity index (χ1n) is 3.90. The quantitative estimate of drug-likeness (QED) is 0.711. The maximum Gasteiger partial charge on any atom is 0.242 e. The molecule has 13 heavy (non-hydrogen) atoms. The third kappa shape index (κ3) is 1.48. The molecule has 0 aliphatic heterocycles. The van der Waals surface area contributed by atoms with Gasteiger partial charge in [-0.3, -0.25) is 10.1 Å². The molecular formula is C8H9N5. The highest BCUT2D eigenvalue weighted by Crippen LogP contribution is 2.13. The van der Waals surface area contributed by atoms with Crippen molar-refractivity contribution in [3.8, 4) is 11.4 Å². The summed E-state index contributed by atoms with van der Waals surface area (Å²) in [5, 5.41) is 9.61. The highest BCUT2D eigenvalue weighted by Gasteiger charge is 2.02. The van der Waals surface area contributed by atoms with Gasteiger partial charge in [0.2, 0.25) is 5.95 Å². The van der Waals surface area contributed by atoms with Crippen molar-refractivity contribution in [3.63, 3.8) is 0 Å². The minimum atomic E-state index is 0.590.